The first kappa shape index (κ1) is 46.4. The standard InChI is InChI=1S/C43H54N12O9S2/c1-7-11-31-35-37(50(5)48-31)41(56)46-39(44-35)29-25-27(13-15-33(29)63-9-3)65(59,60)54-21-17-52(18-22-54)43(58)53-19-23-55(24-20-53)66(61,62)28-14-16-34(64-10-4)30(26-28)40-45-36-32(12-8-2)49-51(6)38(36)42(57)47-40/h13-16,25-26H,7-12,17-24H2,1-6H3,(H,44,46,56)(H,45,47,57). The predicted octanol–water partition coefficient (Wildman–Crippen LogP) is 3.10. The Balaban J connectivity index is 0.945. The molecule has 4 aromatic heterocycles. The van der Waals surface area contributed by atoms with Crippen molar-refractivity contribution in [3.8, 4) is 34.3 Å². The molecule has 0 spiro atoms. The smallest absolute Gasteiger partial charge is 0.320 e. The summed E-state index contributed by atoms with van der Waals surface area (Å²) in [6.45, 7) is 8.73. The summed E-state index contributed by atoms with van der Waals surface area (Å²) in [6.07, 6.45) is 2.79. The van der Waals surface area contributed by atoms with Crippen molar-refractivity contribution < 1.29 is 31.1 Å². The van der Waals surface area contributed by atoms with E-state index in [1.165, 1.54) is 42.2 Å². The lowest BCUT2D eigenvalue weighted by Crippen LogP contribution is -2.57. The number of carbonyl (C=O) groups is 1. The molecule has 2 amide bonds. The van der Waals surface area contributed by atoms with Gasteiger partial charge in [-0.15, -0.1) is 0 Å². The van der Waals surface area contributed by atoms with Crippen LogP contribution < -0.4 is 20.6 Å². The van der Waals surface area contributed by atoms with Crippen LogP contribution in [0.3, 0.4) is 0 Å². The molecule has 2 aliphatic rings. The second-order valence-corrected chi connectivity index (χ2v) is 20.0. The van der Waals surface area contributed by atoms with E-state index in [1.807, 2.05) is 13.8 Å². The van der Waals surface area contributed by atoms with E-state index in [0.717, 1.165) is 12.8 Å². The van der Waals surface area contributed by atoms with E-state index < -0.39 is 31.2 Å². The summed E-state index contributed by atoms with van der Waals surface area (Å²) < 4.78 is 73.8. The van der Waals surface area contributed by atoms with Crippen LogP contribution >= 0.6 is 0 Å². The first-order chi connectivity index (χ1) is 31.6. The number of aromatic amines is 2. The number of H-pyrrole nitrogens is 2. The van der Waals surface area contributed by atoms with Gasteiger partial charge in [-0.2, -0.15) is 18.8 Å². The van der Waals surface area contributed by atoms with Gasteiger partial charge in [0.05, 0.1) is 45.5 Å². The number of nitrogens with one attached hydrogen (secondary N) is 2. The number of hydrogen-bond acceptors (Lipinski definition) is 13. The van der Waals surface area contributed by atoms with Crippen LogP contribution in [0.4, 0.5) is 4.79 Å². The lowest BCUT2D eigenvalue weighted by atomic mass is 10.1. The Kier molecular flexibility index (Phi) is 13.1. The highest BCUT2D eigenvalue weighted by molar-refractivity contribution is 7.89. The number of aryl methyl sites for hydroxylation is 4. The van der Waals surface area contributed by atoms with Crippen molar-refractivity contribution in [2.45, 2.75) is 63.2 Å². The number of ether oxygens (including phenoxy) is 2. The normalized spacial score (nSPS) is 15.5. The van der Waals surface area contributed by atoms with E-state index in [1.54, 1.807) is 49.9 Å². The molecule has 0 aliphatic carbocycles. The quantitative estimate of drug-likeness (QED) is 0.160. The second kappa shape index (κ2) is 18.6. The van der Waals surface area contributed by atoms with Gasteiger partial charge in [0.1, 0.15) is 34.2 Å². The van der Waals surface area contributed by atoms with Gasteiger partial charge >= 0.3 is 6.03 Å². The van der Waals surface area contributed by atoms with Gasteiger partial charge in [-0.05, 0) is 63.1 Å². The summed E-state index contributed by atoms with van der Waals surface area (Å²) in [4.78, 5) is 58.5. The van der Waals surface area contributed by atoms with Crippen LogP contribution in [0, 0.1) is 0 Å². The number of rotatable bonds is 14. The third-order valence-corrected chi connectivity index (χ3v) is 15.6. The van der Waals surface area contributed by atoms with Gasteiger partial charge in [-0.3, -0.25) is 19.0 Å². The predicted molar refractivity (Wildman–Crippen MR) is 246 cm³/mol. The first-order valence-corrected chi connectivity index (χ1v) is 25.0. The molecule has 2 aliphatic heterocycles. The third kappa shape index (κ3) is 8.55. The Hall–Kier alpha value is -6.17. The van der Waals surface area contributed by atoms with Crippen molar-refractivity contribution in [3.05, 3.63) is 68.5 Å². The molecule has 2 aromatic carbocycles. The largest absolute Gasteiger partial charge is 0.493 e. The van der Waals surface area contributed by atoms with Crippen molar-refractivity contribution in [1.29, 1.82) is 0 Å². The van der Waals surface area contributed by atoms with Crippen molar-refractivity contribution in [2.75, 3.05) is 65.6 Å². The Labute approximate surface area is 381 Å². The minimum atomic E-state index is -4.07. The zero-order valence-electron chi connectivity index (χ0n) is 37.8. The summed E-state index contributed by atoms with van der Waals surface area (Å²) in [5.41, 5.74) is 2.61. The number of aromatic nitrogens is 8. The van der Waals surface area contributed by atoms with E-state index in [4.69, 9.17) is 19.4 Å². The molecular weight excluding hydrogens is 893 g/mol. The third-order valence-electron chi connectivity index (χ3n) is 11.8. The minimum Gasteiger partial charge on any atom is -0.493 e. The molecule has 0 unspecified atom stereocenters. The number of sulfonamides is 2. The van der Waals surface area contributed by atoms with Gasteiger partial charge in [-0.25, -0.2) is 31.6 Å². The summed E-state index contributed by atoms with van der Waals surface area (Å²) in [5.74, 6) is 1.00. The molecule has 2 fully saturated rings. The van der Waals surface area contributed by atoms with Crippen molar-refractivity contribution in [2.24, 2.45) is 14.1 Å². The molecule has 66 heavy (non-hydrogen) atoms. The van der Waals surface area contributed by atoms with E-state index in [9.17, 15) is 31.2 Å². The fourth-order valence-electron chi connectivity index (χ4n) is 8.57. The summed E-state index contributed by atoms with van der Waals surface area (Å²) in [7, 11) is -4.79. The number of hydrogen-bond donors (Lipinski definition) is 2. The van der Waals surface area contributed by atoms with Gasteiger partial charge in [0, 0.05) is 66.5 Å². The number of carbonyl (C=O) groups excluding carboxylic acids is 1. The Morgan fingerprint density at radius 2 is 0.985 bits per heavy atom. The van der Waals surface area contributed by atoms with E-state index in [-0.39, 0.29) is 93.0 Å². The average molecular weight is 947 g/mol. The van der Waals surface area contributed by atoms with Crippen LogP contribution in [0.25, 0.3) is 44.8 Å². The first-order valence-electron chi connectivity index (χ1n) is 22.1. The zero-order chi connectivity index (χ0) is 47.1. The molecule has 23 heteroatoms. The van der Waals surface area contributed by atoms with Crippen LogP contribution in [0.2, 0.25) is 0 Å². The maximum absolute atomic E-state index is 14.1. The number of urea groups is 1. The summed E-state index contributed by atoms with van der Waals surface area (Å²) in [6, 6.07) is 8.57. The lowest BCUT2D eigenvalue weighted by Gasteiger charge is -2.40. The highest BCUT2D eigenvalue weighted by atomic mass is 32.2. The van der Waals surface area contributed by atoms with Crippen LogP contribution in [0.15, 0.2) is 55.8 Å². The molecule has 6 heterocycles. The van der Waals surface area contributed by atoms with Crippen LogP contribution in [-0.4, -0.2) is 146 Å². The maximum atomic E-state index is 14.1. The van der Waals surface area contributed by atoms with Gasteiger partial charge < -0.3 is 29.2 Å². The molecule has 0 atom stereocenters. The average Bonchev–Trinajstić information content (AvgIpc) is 3.80. The van der Waals surface area contributed by atoms with Gasteiger partial charge in [0.25, 0.3) is 11.1 Å². The fourth-order valence-corrected chi connectivity index (χ4v) is 11.5. The summed E-state index contributed by atoms with van der Waals surface area (Å²) in [5, 5.41) is 8.97. The van der Waals surface area contributed by atoms with Crippen LogP contribution in [-0.2, 0) is 47.0 Å². The number of amides is 2. The van der Waals surface area contributed by atoms with Crippen LogP contribution in [0.1, 0.15) is 51.9 Å². The van der Waals surface area contributed by atoms with Crippen molar-refractivity contribution in [3.63, 3.8) is 0 Å². The van der Waals surface area contributed by atoms with Gasteiger partial charge in [-0.1, -0.05) is 26.7 Å². The molecular formula is C43H54N12O9S2. The Morgan fingerprint density at radius 3 is 1.33 bits per heavy atom. The fraction of sp³-hybridized carbons (Fsp3) is 0.465. The monoisotopic (exact) mass is 946 g/mol. The van der Waals surface area contributed by atoms with E-state index in [0.29, 0.717) is 68.9 Å². The highest BCUT2D eigenvalue weighted by Gasteiger charge is 2.36. The summed E-state index contributed by atoms with van der Waals surface area (Å²) >= 11 is 0. The highest BCUT2D eigenvalue weighted by Crippen LogP contribution is 2.34. The van der Waals surface area contributed by atoms with Crippen molar-refractivity contribution in [1.82, 2.24) is 57.9 Å². The molecule has 352 valence electrons. The molecule has 8 rings (SSSR count). The number of piperazine rings is 2. The van der Waals surface area contributed by atoms with E-state index >= 15 is 0 Å². The SMILES string of the molecule is CCCc1nn(C)c2c(=O)[nH]c(-c3cc(S(=O)(=O)N4CCN(C(=O)N5CCN(S(=O)(=O)c6ccc(OCC)c(-c7nc8c(CCC)nn(C)c8c(=O)[nH]7)c6)CC5)CC4)ccc3OCC)nc12. The van der Waals surface area contributed by atoms with Crippen molar-refractivity contribution >= 4 is 48.1 Å². The molecule has 2 N–H and O–H groups in total. The minimum absolute atomic E-state index is 0.0237. The molecule has 0 radical (unpaired) electrons. The number of nitrogens with zero attached hydrogens (tertiary/aromatic N) is 10. The molecule has 0 bridgehead atoms. The molecule has 21 nitrogen and oxygen atoms in total. The Bertz CT molecular complexity index is 2950. The second-order valence-electron chi connectivity index (χ2n) is 16.1. The van der Waals surface area contributed by atoms with Crippen LogP contribution in [0.5, 0.6) is 11.5 Å². The molecule has 6 aromatic rings. The molecule has 2 saturated heterocycles. The lowest BCUT2D eigenvalue weighted by molar-refractivity contribution is 0.119. The number of benzene rings is 2. The maximum Gasteiger partial charge on any atom is 0.320 e. The van der Waals surface area contributed by atoms with Gasteiger partial charge in [0.2, 0.25) is 20.0 Å². The topological polar surface area (TPSA) is 244 Å². The van der Waals surface area contributed by atoms with Gasteiger partial charge in [0.15, 0.2) is 11.0 Å². The Morgan fingerprint density at radius 1 is 0.606 bits per heavy atom. The molecule has 0 saturated carbocycles. The number of fused-ring (bicyclic) bond motifs is 2. The zero-order valence-corrected chi connectivity index (χ0v) is 39.5. The van der Waals surface area contributed by atoms with E-state index in [2.05, 4.69) is 20.2 Å².